The van der Waals surface area contributed by atoms with Crippen molar-refractivity contribution in [3.05, 3.63) is 48.6 Å². The van der Waals surface area contributed by atoms with E-state index in [1.165, 1.54) is 5.57 Å². The summed E-state index contributed by atoms with van der Waals surface area (Å²) in [7, 11) is 0. The van der Waals surface area contributed by atoms with Gasteiger partial charge in [0.05, 0.1) is 0 Å². The first kappa shape index (κ1) is 22.1. The van der Waals surface area contributed by atoms with Gasteiger partial charge in [-0.2, -0.15) is 0 Å². The Kier molecular flexibility index (Phi) is 26.1. The van der Waals surface area contributed by atoms with Crippen LogP contribution in [0.2, 0.25) is 0 Å². The molecule has 0 amide bonds. The molecular formula is C17H33N. The summed E-state index contributed by atoms with van der Waals surface area (Å²) < 4.78 is 0. The fourth-order valence-electron chi connectivity index (χ4n) is 0.929. The molecule has 1 N–H and O–H groups in total. The second-order valence-corrected chi connectivity index (χ2v) is 3.71. The van der Waals surface area contributed by atoms with E-state index < -0.39 is 0 Å². The molecule has 0 aromatic rings. The van der Waals surface area contributed by atoms with E-state index in [0.29, 0.717) is 6.04 Å². The highest BCUT2D eigenvalue weighted by Crippen LogP contribution is 1.96. The van der Waals surface area contributed by atoms with E-state index in [1.807, 2.05) is 40.7 Å². The molecule has 0 fully saturated rings. The maximum atomic E-state index is 3.39. The minimum Gasteiger partial charge on any atom is -0.310 e. The minimum atomic E-state index is 0.541. The van der Waals surface area contributed by atoms with Crippen LogP contribution in [0.3, 0.4) is 0 Å². The Balaban J connectivity index is -0.000000389. The van der Waals surface area contributed by atoms with Gasteiger partial charge in [0.25, 0.3) is 0 Å². The van der Waals surface area contributed by atoms with Crippen LogP contribution in [0.5, 0.6) is 0 Å². The van der Waals surface area contributed by atoms with Crippen LogP contribution >= 0.6 is 0 Å². The van der Waals surface area contributed by atoms with Gasteiger partial charge in [-0.1, -0.05) is 64.2 Å². The van der Waals surface area contributed by atoms with E-state index in [0.717, 1.165) is 6.54 Å². The van der Waals surface area contributed by atoms with Crippen molar-refractivity contribution in [2.24, 2.45) is 0 Å². The summed E-state index contributed by atoms with van der Waals surface area (Å²) in [5, 5.41) is 3.39. The van der Waals surface area contributed by atoms with Gasteiger partial charge in [-0.05, 0) is 26.3 Å². The van der Waals surface area contributed by atoms with Crippen LogP contribution in [0, 0.1) is 0 Å². The van der Waals surface area contributed by atoms with Gasteiger partial charge in [0.2, 0.25) is 0 Å². The van der Waals surface area contributed by atoms with Gasteiger partial charge in [-0.15, -0.1) is 6.58 Å². The van der Waals surface area contributed by atoms with Crippen molar-refractivity contribution in [3.63, 3.8) is 0 Å². The first-order valence-corrected chi connectivity index (χ1v) is 6.87. The minimum absolute atomic E-state index is 0.541. The predicted molar refractivity (Wildman–Crippen MR) is 88.1 cm³/mol. The molecule has 0 aromatic carbocycles. The Morgan fingerprint density at radius 2 is 1.61 bits per heavy atom. The summed E-state index contributed by atoms with van der Waals surface area (Å²) in [5.74, 6) is 0. The lowest BCUT2D eigenvalue weighted by atomic mass is 10.2. The van der Waals surface area contributed by atoms with E-state index in [9.17, 15) is 0 Å². The van der Waals surface area contributed by atoms with Crippen LogP contribution in [-0.4, -0.2) is 12.6 Å². The van der Waals surface area contributed by atoms with E-state index >= 15 is 0 Å². The number of rotatable bonds is 5. The van der Waals surface area contributed by atoms with Crippen molar-refractivity contribution < 1.29 is 0 Å². The van der Waals surface area contributed by atoms with Gasteiger partial charge in [0, 0.05) is 12.6 Å². The topological polar surface area (TPSA) is 12.0 Å². The molecule has 0 aliphatic carbocycles. The third kappa shape index (κ3) is 24.2. The van der Waals surface area contributed by atoms with E-state index in [1.54, 1.807) is 6.08 Å². The highest BCUT2D eigenvalue weighted by molar-refractivity contribution is 5.24. The number of hydrogen-bond donors (Lipinski definition) is 1. The highest BCUT2D eigenvalue weighted by Gasteiger charge is 1.93. The molecule has 0 unspecified atom stereocenters. The maximum Gasteiger partial charge on any atom is 0.0207 e. The van der Waals surface area contributed by atoms with Crippen LogP contribution < -0.4 is 5.32 Å². The second kappa shape index (κ2) is 21.2. The molecule has 106 valence electrons. The SMILES string of the molecule is C=CC.CC.C\C=C/C=C(\C=C/C)CNC(C)C. The monoisotopic (exact) mass is 251 g/mol. The van der Waals surface area contributed by atoms with Crippen LogP contribution in [0.15, 0.2) is 48.6 Å². The molecule has 0 spiro atoms. The molecule has 0 radical (unpaired) electrons. The van der Waals surface area contributed by atoms with Crippen LogP contribution in [-0.2, 0) is 0 Å². The molecule has 0 saturated carbocycles. The van der Waals surface area contributed by atoms with Gasteiger partial charge in [-0.25, -0.2) is 0 Å². The number of nitrogens with one attached hydrogen (secondary N) is 1. The summed E-state index contributed by atoms with van der Waals surface area (Å²) in [4.78, 5) is 0. The smallest absolute Gasteiger partial charge is 0.0207 e. The lowest BCUT2D eigenvalue weighted by Gasteiger charge is -2.07. The molecule has 0 atom stereocenters. The largest absolute Gasteiger partial charge is 0.310 e. The molecule has 0 aliphatic rings. The summed E-state index contributed by atoms with van der Waals surface area (Å²) >= 11 is 0. The fourth-order valence-corrected chi connectivity index (χ4v) is 0.929. The summed E-state index contributed by atoms with van der Waals surface area (Å²) in [5.41, 5.74) is 1.31. The van der Waals surface area contributed by atoms with Gasteiger partial charge in [0.15, 0.2) is 0 Å². The summed E-state index contributed by atoms with van der Waals surface area (Å²) in [6.45, 7) is 18.6. The zero-order chi connectivity index (χ0) is 14.8. The van der Waals surface area contributed by atoms with Gasteiger partial charge < -0.3 is 5.32 Å². The molecule has 18 heavy (non-hydrogen) atoms. The van der Waals surface area contributed by atoms with Crippen molar-refractivity contribution >= 4 is 0 Å². The van der Waals surface area contributed by atoms with Crippen molar-refractivity contribution in [1.29, 1.82) is 0 Å². The van der Waals surface area contributed by atoms with E-state index in [4.69, 9.17) is 0 Å². The van der Waals surface area contributed by atoms with Crippen LogP contribution in [0.25, 0.3) is 0 Å². The third-order valence-corrected chi connectivity index (χ3v) is 1.60. The predicted octanol–water partition coefficient (Wildman–Crippen LogP) is 5.28. The number of hydrogen-bond acceptors (Lipinski definition) is 1. The average molecular weight is 251 g/mol. The van der Waals surface area contributed by atoms with Gasteiger partial charge in [0.1, 0.15) is 0 Å². The molecule has 0 rings (SSSR count). The molecule has 0 aromatic heterocycles. The summed E-state index contributed by atoms with van der Waals surface area (Å²) in [6.07, 6.45) is 12.2. The number of allylic oxidation sites excluding steroid dienone is 5. The van der Waals surface area contributed by atoms with E-state index in [-0.39, 0.29) is 0 Å². The fraction of sp³-hybridized carbons (Fsp3) is 0.529. The van der Waals surface area contributed by atoms with Gasteiger partial charge in [-0.3, -0.25) is 0 Å². The average Bonchev–Trinajstić information content (AvgIpc) is 2.36. The van der Waals surface area contributed by atoms with Crippen molar-refractivity contribution in [1.82, 2.24) is 5.32 Å². The first-order chi connectivity index (χ1) is 8.62. The Morgan fingerprint density at radius 1 is 1.11 bits per heavy atom. The molecular weight excluding hydrogens is 218 g/mol. The van der Waals surface area contributed by atoms with Crippen LogP contribution in [0.1, 0.15) is 48.5 Å². The Hall–Kier alpha value is -1.08. The molecule has 0 aliphatic heterocycles. The quantitative estimate of drug-likeness (QED) is 0.517. The van der Waals surface area contributed by atoms with Crippen molar-refractivity contribution in [2.75, 3.05) is 6.54 Å². The normalized spacial score (nSPS) is 11.0. The molecule has 0 saturated heterocycles. The zero-order valence-electron chi connectivity index (χ0n) is 13.5. The first-order valence-electron chi connectivity index (χ1n) is 6.87. The van der Waals surface area contributed by atoms with E-state index in [2.05, 4.69) is 50.0 Å². The molecule has 1 heteroatoms. The molecule has 0 heterocycles. The Bertz CT molecular complexity index is 232. The van der Waals surface area contributed by atoms with Crippen molar-refractivity contribution in [2.45, 2.75) is 54.5 Å². The Labute approximate surface area is 115 Å². The zero-order valence-corrected chi connectivity index (χ0v) is 13.5. The summed E-state index contributed by atoms with van der Waals surface area (Å²) in [6, 6.07) is 0.541. The lowest BCUT2D eigenvalue weighted by Crippen LogP contribution is -2.24. The Morgan fingerprint density at radius 3 is 1.94 bits per heavy atom. The third-order valence-electron chi connectivity index (χ3n) is 1.60. The standard InChI is InChI=1S/C12H21N.C3H6.C2H6/c1-5-7-9-12(8-6-2)10-13-11(3)4;1-3-2;1-2/h5-9,11,13H,10H2,1-4H3;3H,1H2,2H3;1-2H3/b7-5-,8-6-,12-9+;;. The lowest BCUT2D eigenvalue weighted by molar-refractivity contribution is 0.625. The molecule has 1 nitrogen and oxygen atoms in total. The maximum absolute atomic E-state index is 3.39. The van der Waals surface area contributed by atoms with Crippen LogP contribution in [0.4, 0.5) is 0 Å². The van der Waals surface area contributed by atoms with Crippen molar-refractivity contribution in [3.8, 4) is 0 Å². The molecule has 0 bridgehead atoms. The second-order valence-electron chi connectivity index (χ2n) is 3.71. The van der Waals surface area contributed by atoms with Gasteiger partial charge >= 0.3 is 0 Å². The highest BCUT2D eigenvalue weighted by atomic mass is 14.9.